The fraction of sp³-hybridized carbons (Fsp3) is 0.955. The Kier molecular flexibility index (Phi) is 19.6. The SMILES string of the molecule is CCCCCCCCC(O)C(CCCCCCCC(=O)O)OCCCCO. The first kappa shape index (κ1) is 26.4. The number of ether oxygens (including phenoxy) is 1. The number of rotatable bonds is 21. The van der Waals surface area contributed by atoms with E-state index in [0.717, 1.165) is 64.2 Å². The summed E-state index contributed by atoms with van der Waals surface area (Å²) in [4.78, 5) is 10.5. The van der Waals surface area contributed by atoms with Crippen LogP contribution in [-0.4, -0.2) is 46.7 Å². The van der Waals surface area contributed by atoms with Crippen LogP contribution in [0.2, 0.25) is 0 Å². The Labute approximate surface area is 166 Å². The van der Waals surface area contributed by atoms with Crippen LogP contribution in [0.15, 0.2) is 0 Å². The van der Waals surface area contributed by atoms with Crippen LogP contribution in [0.1, 0.15) is 110 Å². The van der Waals surface area contributed by atoms with Crippen molar-refractivity contribution < 1.29 is 24.9 Å². The summed E-state index contributed by atoms with van der Waals surface area (Å²) in [6.45, 7) is 3.00. The van der Waals surface area contributed by atoms with Gasteiger partial charge in [-0.2, -0.15) is 0 Å². The third-order valence-corrected chi connectivity index (χ3v) is 5.05. The highest BCUT2D eigenvalue weighted by Gasteiger charge is 2.19. The zero-order valence-corrected chi connectivity index (χ0v) is 17.5. The predicted octanol–water partition coefficient (Wildman–Crippen LogP) is 5.07. The zero-order valence-electron chi connectivity index (χ0n) is 17.5. The number of aliphatic carboxylic acids is 1. The Morgan fingerprint density at radius 1 is 0.815 bits per heavy atom. The summed E-state index contributed by atoms with van der Waals surface area (Å²) in [5, 5.41) is 28.1. The molecule has 0 aliphatic rings. The van der Waals surface area contributed by atoms with Crippen LogP contribution in [0.4, 0.5) is 0 Å². The van der Waals surface area contributed by atoms with Crippen LogP contribution in [0.5, 0.6) is 0 Å². The number of aliphatic hydroxyl groups is 2. The van der Waals surface area contributed by atoms with Gasteiger partial charge in [-0.05, 0) is 32.1 Å². The van der Waals surface area contributed by atoms with Gasteiger partial charge in [0.1, 0.15) is 0 Å². The molecule has 5 heteroatoms. The molecule has 0 aromatic carbocycles. The minimum absolute atomic E-state index is 0.113. The molecule has 0 rings (SSSR count). The summed E-state index contributed by atoms with van der Waals surface area (Å²) < 4.78 is 5.92. The first-order valence-corrected chi connectivity index (χ1v) is 11.2. The summed E-state index contributed by atoms with van der Waals surface area (Å²) in [5.74, 6) is -0.718. The summed E-state index contributed by atoms with van der Waals surface area (Å²) in [7, 11) is 0. The highest BCUT2D eigenvalue weighted by molar-refractivity contribution is 5.66. The van der Waals surface area contributed by atoms with Crippen molar-refractivity contribution in [3.8, 4) is 0 Å². The van der Waals surface area contributed by atoms with E-state index >= 15 is 0 Å². The molecule has 0 saturated carbocycles. The highest BCUT2D eigenvalue weighted by Crippen LogP contribution is 2.18. The van der Waals surface area contributed by atoms with E-state index in [0.29, 0.717) is 6.61 Å². The van der Waals surface area contributed by atoms with Crippen molar-refractivity contribution in [2.24, 2.45) is 0 Å². The molecule has 0 aromatic rings. The van der Waals surface area contributed by atoms with Crippen LogP contribution >= 0.6 is 0 Å². The van der Waals surface area contributed by atoms with Gasteiger partial charge in [0.05, 0.1) is 12.2 Å². The van der Waals surface area contributed by atoms with E-state index < -0.39 is 12.1 Å². The number of carboxylic acid groups (broad SMARTS) is 1. The molecule has 0 fully saturated rings. The lowest BCUT2D eigenvalue weighted by atomic mass is 9.99. The molecule has 2 atom stereocenters. The zero-order chi connectivity index (χ0) is 20.2. The van der Waals surface area contributed by atoms with Crippen LogP contribution < -0.4 is 0 Å². The first-order chi connectivity index (χ1) is 13.1. The van der Waals surface area contributed by atoms with Crippen molar-refractivity contribution in [1.82, 2.24) is 0 Å². The summed E-state index contributed by atoms with van der Waals surface area (Å²) in [6, 6.07) is 0. The molecular formula is C22H44O5. The minimum Gasteiger partial charge on any atom is -0.481 e. The van der Waals surface area contributed by atoms with E-state index in [4.69, 9.17) is 14.9 Å². The lowest BCUT2D eigenvalue weighted by Gasteiger charge is -2.23. The Balaban J connectivity index is 3.97. The Morgan fingerprint density at radius 3 is 2.04 bits per heavy atom. The summed E-state index contributed by atoms with van der Waals surface area (Å²) >= 11 is 0. The molecular weight excluding hydrogens is 344 g/mol. The maximum absolute atomic E-state index is 10.5. The molecule has 27 heavy (non-hydrogen) atoms. The van der Waals surface area contributed by atoms with Gasteiger partial charge in [0.2, 0.25) is 0 Å². The lowest BCUT2D eigenvalue weighted by molar-refractivity contribution is -0.137. The fourth-order valence-electron chi connectivity index (χ4n) is 3.31. The molecule has 162 valence electrons. The molecule has 0 aromatic heterocycles. The minimum atomic E-state index is -0.718. The van der Waals surface area contributed by atoms with Crippen LogP contribution in [0.3, 0.4) is 0 Å². The quantitative estimate of drug-likeness (QED) is 0.239. The van der Waals surface area contributed by atoms with Gasteiger partial charge in [-0.1, -0.05) is 71.1 Å². The van der Waals surface area contributed by atoms with Gasteiger partial charge in [-0.3, -0.25) is 4.79 Å². The molecule has 0 aliphatic carbocycles. The van der Waals surface area contributed by atoms with Crippen molar-refractivity contribution in [1.29, 1.82) is 0 Å². The molecule has 3 N–H and O–H groups in total. The Morgan fingerprint density at radius 2 is 1.41 bits per heavy atom. The predicted molar refractivity (Wildman–Crippen MR) is 110 cm³/mol. The van der Waals surface area contributed by atoms with Crippen LogP contribution in [-0.2, 0) is 9.53 Å². The lowest BCUT2D eigenvalue weighted by Crippen LogP contribution is -2.29. The van der Waals surface area contributed by atoms with Crippen molar-refractivity contribution in [2.75, 3.05) is 13.2 Å². The molecule has 0 spiro atoms. The van der Waals surface area contributed by atoms with E-state index in [-0.39, 0.29) is 19.1 Å². The molecule has 2 unspecified atom stereocenters. The maximum Gasteiger partial charge on any atom is 0.303 e. The second kappa shape index (κ2) is 20.1. The number of carbonyl (C=O) groups is 1. The molecule has 0 aliphatic heterocycles. The molecule has 0 saturated heterocycles. The van der Waals surface area contributed by atoms with Gasteiger partial charge in [-0.15, -0.1) is 0 Å². The molecule has 5 nitrogen and oxygen atoms in total. The average molecular weight is 389 g/mol. The normalized spacial score (nSPS) is 13.6. The number of aliphatic hydroxyl groups excluding tert-OH is 2. The second-order valence-electron chi connectivity index (χ2n) is 7.66. The number of carboxylic acids is 1. The fourth-order valence-corrected chi connectivity index (χ4v) is 3.31. The Bertz CT molecular complexity index is 322. The van der Waals surface area contributed by atoms with Crippen molar-refractivity contribution in [3.05, 3.63) is 0 Å². The van der Waals surface area contributed by atoms with Gasteiger partial charge >= 0.3 is 5.97 Å². The van der Waals surface area contributed by atoms with Gasteiger partial charge in [0.25, 0.3) is 0 Å². The van der Waals surface area contributed by atoms with E-state index in [1.54, 1.807) is 0 Å². The van der Waals surface area contributed by atoms with E-state index in [1.807, 2.05) is 0 Å². The average Bonchev–Trinajstić information content (AvgIpc) is 2.65. The summed E-state index contributed by atoms with van der Waals surface area (Å²) in [6.07, 6.45) is 15.1. The third-order valence-electron chi connectivity index (χ3n) is 5.05. The highest BCUT2D eigenvalue weighted by atomic mass is 16.5. The van der Waals surface area contributed by atoms with Crippen LogP contribution in [0.25, 0.3) is 0 Å². The van der Waals surface area contributed by atoms with E-state index in [9.17, 15) is 9.90 Å². The number of unbranched alkanes of at least 4 members (excludes halogenated alkanes) is 10. The van der Waals surface area contributed by atoms with Gasteiger partial charge in [-0.25, -0.2) is 0 Å². The third kappa shape index (κ3) is 18.5. The molecule has 0 heterocycles. The smallest absolute Gasteiger partial charge is 0.303 e. The van der Waals surface area contributed by atoms with Gasteiger partial charge < -0.3 is 20.1 Å². The van der Waals surface area contributed by atoms with E-state index in [1.165, 1.54) is 32.1 Å². The van der Waals surface area contributed by atoms with Crippen molar-refractivity contribution in [3.63, 3.8) is 0 Å². The van der Waals surface area contributed by atoms with E-state index in [2.05, 4.69) is 6.92 Å². The molecule has 0 bridgehead atoms. The molecule has 0 radical (unpaired) electrons. The first-order valence-electron chi connectivity index (χ1n) is 11.2. The standard InChI is InChI=1S/C22H44O5/c1-2-3-4-5-7-10-15-20(24)21(27-19-14-13-18-23)16-11-8-6-9-12-17-22(25)26/h20-21,23-24H,2-19H2,1H3,(H,25,26). The van der Waals surface area contributed by atoms with Gasteiger partial charge in [0.15, 0.2) is 0 Å². The van der Waals surface area contributed by atoms with Gasteiger partial charge in [0, 0.05) is 19.6 Å². The summed E-state index contributed by atoms with van der Waals surface area (Å²) in [5.41, 5.74) is 0. The maximum atomic E-state index is 10.5. The number of hydrogen-bond donors (Lipinski definition) is 3. The second-order valence-corrected chi connectivity index (χ2v) is 7.66. The topological polar surface area (TPSA) is 87.0 Å². The molecule has 0 amide bonds. The Hall–Kier alpha value is -0.650. The largest absolute Gasteiger partial charge is 0.481 e. The van der Waals surface area contributed by atoms with Crippen molar-refractivity contribution >= 4 is 5.97 Å². The monoisotopic (exact) mass is 388 g/mol. The van der Waals surface area contributed by atoms with Crippen molar-refractivity contribution in [2.45, 2.75) is 122 Å². The van der Waals surface area contributed by atoms with Crippen LogP contribution in [0, 0.1) is 0 Å². The number of hydrogen-bond acceptors (Lipinski definition) is 4.